The maximum Gasteiger partial charge on any atom is 0.274 e. The van der Waals surface area contributed by atoms with E-state index in [0.717, 1.165) is 12.1 Å². The van der Waals surface area contributed by atoms with E-state index >= 15 is 0 Å². The van der Waals surface area contributed by atoms with Crippen molar-refractivity contribution >= 4 is 34.1 Å². The fourth-order valence-electron chi connectivity index (χ4n) is 1.28. The second-order valence-electron chi connectivity index (χ2n) is 3.95. The first-order chi connectivity index (χ1) is 7.82. The van der Waals surface area contributed by atoms with Crippen LogP contribution in [-0.2, 0) is 11.2 Å². The van der Waals surface area contributed by atoms with Crippen LogP contribution in [-0.4, -0.2) is 10.7 Å². The minimum absolute atomic E-state index is 0.109. The number of rotatable bonds is 4. The van der Waals surface area contributed by atoms with Gasteiger partial charge in [-0.2, -0.15) is 0 Å². The van der Waals surface area contributed by atoms with Crippen molar-refractivity contribution in [3.05, 3.63) is 37.2 Å². The average molecular weight is 351 g/mol. The summed E-state index contributed by atoms with van der Waals surface area (Å²) in [6.45, 7) is 3.41. The number of hydrogen-bond donors (Lipinski definition) is 0. The minimum atomic E-state index is -0.593. The molecule has 92 valence electrons. The molecular formula is C11H11FINO3. The first kappa shape index (κ1) is 14.0. The van der Waals surface area contributed by atoms with Gasteiger partial charge in [0.15, 0.2) is 0 Å². The van der Waals surface area contributed by atoms with Crippen LogP contribution >= 0.6 is 22.6 Å². The van der Waals surface area contributed by atoms with E-state index in [9.17, 15) is 19.3 Å². The zero-order valence-corrected chi connectivity index (χ0v) is 11.5. The van der Waals surface area contributed by atoms with E-state index in [1.54, 1.807) is 36.4 Å². The number of halogens is 2. The SMILES string of the molecule is CC(C)C(=O)Cc1cc(F)c(I)cc1[N+](=O)[O-]. The summed E-state index contributed by atoms with van der Waals surface area (Å²) in [5.74, 6) is -0.909. The zero-order chi connectivity index (χ0) is 13.2. The average Bonchev–Trinajstić information content (AvgIpc) is 2.22. The van der Waals surface area contributed by atoms with Gasteiger partial charge in [0.2, 0.25) is 0 Å². The number of nitro groups is 1. The van der Waals surface area contributed by atoms with Crippen LogP contribution < -0.4 is 0 Å². The molecule has 0 unspecified atom stereocenters. The smallest absolute Gasteiger partial charge is 0.274 e. The largest absolute Gasteiger partial charge is 0.299 e. The highest BCUT2D eigenvalue weighted by atomic mass is 127. The number of Topliss-reactive ketones (excluding diaryl/α,β-unsaturated/α-hetero) is 1. The molecule has 6 heteroatoms. The first-order valence-electron chi connectivity index (χ1n) is 4.98. The lowest BCUT2D eigenvalue weighted by Crippen LogP contribution is -2.12. The molecule has 1 rings (SSSR count). The summed E-state index contributed by atoms with van der Waals surface area (Å²) in [5.41, 5.74) is -0.0728. The van der Waals surface area contributed by atoms with Crippen LogP contribution in [0.1, 0.15) is 19.4 Å². The Bertz CT molecular complexity index is 474. The Hall–Kier alpha value is -1.05. The van der Waals surface area contributed by atoms with Gasteiger partial charge in [0, 0.05) is 24.0 Å². The van der Waals surface area contributed by atoms with Gasteiger partial charge in [-0.3, -0.25) is 14.9 Å². The molecule has 0 saturated heterocycles. The van der Waals surface area contributed by atoms with Crippen molar-refractivity contribution in [2.24, 2.45) is 5.92 Å². The maximum absolute atomic E-state index is 13.3. The molecule has 0 spiro atoms. The molecule has 0 bridgehead atoms. The number of nitro benzene ring substituents is 1. The second kappa shape index (κ2) is 5.52. The van der Waals surface area contributed by atoms with Gasteiger partial charge >= 0.3 is 0 Å². The van der Waals surface area contributed by atoms with Gasteiger partial charge in [-0.05, 0) is 28.7 Å². The minimum Gasteiger partial charge on any atom is -0.299 e. The topological polar surface area (TPSA) is 60.2 Å². The van der Waals surface area contributed by atoms with Gasteiger partial charge in [-0.1, -0.05) is 13.8 Å². The van der Waals surface area contributed by atoms with E-state index in [0.29, 0.717) is 0 Å². The van der Waals surface area contributed by atoms with Crippen molar-refractivity contribution < 1.29 is 14.1 Å². The summed E-state index contributed by atoms with van der Waals surface area (Å²) in [4.78, 5) is 21.7. The maximum atomic E-state index is 13.3. The van der Waals surface area contributed by atoms with E-state index in [1.807, 2.05) is 0 Å². The Morgan fingerprint density at radius 3 is 2.59 bits per heavy atom. The van der Waals surface area contributed by atoms with Crippen molar-refractivity contribution in [3.63, 3.8) is 0 Å². The monoisotopic (exact) mass is 351 g/mol. The predicted molar refractivity (Wildman–Crippen MR) is 69.3 cm³/mol. The van der Waals surface area contributed by atoms with Crippen molar-refractivity contribution in [2.45, 2.75) is 20.3 Å². The molecule has 0 radical (unpaired) electrons. The van der Waals surface area contributed by atoms with Crippen LogP contribution in [0.15, 0.2) is 12.1 Å². The van der Waals surface area contributed by atoms with Crippen molar-refractivity contribution in [1.29, 1.82) is 0 Å². The molecule has 0 N–H and O–H groups in total. The molecule has 0 amide bonds. The third kappa shape index (κ3) is 3.45. The molecule has 0 aliphatic carbocycles. The van der Waals surface area contributed by atoms with Gasteiger partial charge in [-0.15, -0.1) is 0 Å². The molecule has 1 aromatic rings. The van der Waals surface area contributed by atoms with Gasteiger partial charge in [-0.25, -0.2) is 4.39 Å². The summed E-state index contributed by atoms with van der Waals surface area (Å²) in [7, 11) is 0. The van der Waals surface area contributed by atoms with Crippen molar-refractivity contribution in [3.8, 4) is 0 Å². The number of carbonyl (C=O) groups is 1. The molecule has 1 aromatic carbocycles. The Balaban J connectivity index is 3.17. The van der Waals surface area contributed by atoms with E-state index in [-0.39, 0.29) is 32.9 Å². The number of carbonyl (C=O) groups excluding carboxylic acids is 1. The fraction of sp³-hybridized carbons (Fsp3) is 0.364. The third-order valence-electron chi connectivity index (χ3n) is 2.33. The first-order valence-corrected chi connectivity index (χ1v) is 6.05. The molecule has 0 aliphatic rings. The lowest BCUT2D eigenvalue weighted by atomic mass is 10.00. The molecule has 0 aromatic heterocycles. The lowest BCUT2D eigenvalue weighted by Gasteiger charge is -2.06. The molecule has 4 nitrogen and oxygen atoms in total. The standard InChI is InChI=1S/C11H11FINO3/c1-6(2)11(15)4-7-3-8(12)9(13)5-10(7)14(16)17/h3,5-6H,4H2,1-2H3. The number of benzene rings is 1. The van der Waals surface area contributed by atoms with Crippen LogP contribution in [0.5, 0.6) is 0 Å². The van der Waals surface area contributed by atoms with E-state index in [1.165, 1.54) is 0 Å². The van der Waals surface area contributed by atoms with Crippen LogP contribution in [0.4, 0.5) is 10.1 Å². The summed E-state index contributed by atoms with van der Waals surface area (Å²) in [6.07, 6.45) is -0.109. The molecule has 0 aliphatic heterocycles. The summed E-state index contributed by atoms with van der Waals surface area (Å²) in [5, 5.41) is 10.8. The number of nitrogens with zero attached hydrogens (tertiary/aromatic N) is 1. The fourth-order valence-corrected chi connectivity index (χ4v) is 1.73. The van der Waals surface area contributed by atoms with Gasteiger partial charge in [0.25, 0.3) is 5.69 Å². The highest BCUT2D eigenvalue weighted by Crippen LogP contribution is 2.25. The van der Waals surface area contributed by atoms with Crippen LogP contribution in [0.2, 0.25) is 0 Å². The van der Waals surface area contributed by atoms with Crippen LogP contribution in [0.3, 0.4) is 0 Å². The normalized spacial score (nSPS) is 10.6. The Kier molecular flexibility index (Phi) is 4.55. The van der Waals surface area contributed by atoms with Crippen molar-refractivity contribution in [2.75, 3.05) is 0 Å². The Morgan fingerprint density at radius 1 is 1.53 bits per heavy atom. The Labute approximate surface area is 111 Å². The summed E-state index contributed by atoms with van der Waals surface area (Å²) >= 11 is 1.68. The molecule has 17 heavy (non-hydrogen) atoms. The molecule has 0 saturated carbocycles. The van der Waals surface area contributed by atoms with Crippen LogP contribution in [0, 0.1) is 25.4 Å². The second-order valence-corrected chi connectivity index (χ2v) is 5.11. The zero-order valence-electron chi connectivity index (χ0n) is 9.37. The van der Waals surface area contributed by atoms with E-state index in [4.69, 9.17) is 0 Å². The number of hydrogen-bond acceptors (Lipinski definition) is 3. The van der Waals surface area contributed by atoms with Crippen LogP contribution in [0.25, 0.3) is 0 Å². The van der Waals surface area contributed by atoms with E-state index in [2.05, 4.69) is 0 Å². The van der Waals surface area contributed by atoms with Crippen molar-refractivity contribution in [1.82, 2.24) is 0 Å². The molecule has 0 atom stereocenters. The highest BCUT2D eigenvalue weighted by molar-refractivity contribution is 14.1. The predicted octanol–water partition coefficient (Wildman–Crippen LogP) is 3.11. The summed E-state index contributed by atoms with van der Waals surface area (Å²) in [6, 6.07) is 2.22. The molecule has 0 fully saturated rings. The Morgan fingerprint density at radius 2 is 2.12 bits per heavy atom. The van der Waals surface area contributed by atoms with Gasteiger partial charge in [0.05, 0.1) is 8.49 Å². The van der Waals surface area contributed by atoms with Gasteiger partial charge < -0.3 is 0 Å². The quantitative estimate of drug-likeness (QED) is 0.476. The molecular weight excluding hydrogens is 340 g/mol. The summed E-state index contributed by atoms with van der Waals surface area (Å²) < 4.78 is 13.5. The lowest BCUT2D eigenvalue weighted by molar-refractivity contribution is -0.385. The highest BCUT2D eigenvalue weighted by Gasteiger charge is 2.20. The number of ketones is 1. The molecule has 0 heterocycles. The van der Waals surface area contributed by atoms with Gasteiger partial charge in [0.1, 0.15) is 11.6 Å². The third-order valence-corrected chi connectivity index (χ3v) is 3.15. The van der Waals surface area contributed by atoms with E-state index < -0.39 is 10.7 Å².